The number of isocyanates is 1. The lowest BCUT2D eigenvalue weighted by Crippen LogP contribution is -1.76. The minimum atomic E-state index is 0.501. The van der Waals surface area contributed by atoms with Crippen LogP contribution in [0.4, 0.5) is 5.69 Å². The van der Waals surface area contributed by atoms with Gasteiger partial charge in [0.2, 0.25) is 6.08 Å². The highest BCUT2D eigenvalue weighted by atomic mass is 16.3. The fourth-order valence-electron chi connectivity index (χ4n) is 1.27. The number of oxazole rings is 1. The number of hydrogen-bond acceptors (Lipinski definition) is 4. The summed E-state index contributed by atoms with van der Waals surface area (Å²) in [6.45, 7) is 1.95. The molecule has 0 atom stereocenters. The van der Waals surface area contributed by atoms with Gasteiger partial charge in [-0.3, -0.25) is 0 Å². The monoisotopic (exact) mass is 188 g/mol. The molecule has 0 N–H and O–H groups in total. The third-order valence-corrected chi connectivity index (χ3v) is 1.91. The molecule has 0 spiro atoms. The highest BCUT2D eigenvalue weighted by Gasteiger charge is 2.07. The summed E-state index contributed by atoms with van der Waals surface area (Å²) in [5.41, 5.74) is 1.77. The summed E-state index contributed by atoms with van der Waals surface area (Å²) in [4.78, 5) is 17.9. The zero-order valence-corrected chi connectivity index (χ0v) is 7.65. The molecule has 0 unspecified atom stereocenters. The molecule has 0 saturated heterocycles. The van der Waals surface area contributed by atoms with Gasteiger partial charge >= 0.3 is 0 Å². The van der Waals surface area contributed by atoms with Gasteiger partial charge in [0.15, 0.2) is 11.5 Å². The van der Waals surface area contributed by atoms with Gasteiger partial charge in [-0.1, -0.05) is 13.0 Å². The number of para-hydroxylation sites is 1. The van der Waals surface area contributed by atoms with E-state index in [2.05, 4.69) is 9.98 Å². The van der Waals surface area contributed by atoms with Crippen LogP contribution in [0.15, 0.2) is 27.6 Å². The van der Waals surface area contributed by atoms with E-state index in [-0.39, 0.29) is 0 Å². The van der Waals surface area contributed by atoms with Gasteiger partial charge in [0.05, 0.1) is 0 Å². The van der Waals surface area contributed by atoms with Crippen LogP contribution < -0.4 is 0 Å². The van der Waals surface area contributed by atoms with Crippen molar-refractivity contribution in [3.63, 3.8) is 0 Å². The van der Waals surface area contributed by atoms with Crippen molar-refractivity contribution in [2.75, 3.05) is 0 Å². The van der Waals surface area contributed by atoms with Crippen molar-refractivity contribution in [1.29, 1.82) is 0 Å². The van der Waals surface area contributed by atoms with E-state index in [1.165, 1.54) is 6.08 Å². The number of aliphatic imine (C=N–C) groups is 1. The minimum absolute atomic E-state index is 0.501. The molecule has 1 aromatic carbocycles. The van der Waals surface area contributed by atoms with Crippen molar-refractivity contribution in [2.24, 2.45) is 4.99 Å². The van der Waals surface area contributed by atoms with Crippen molar-refractivity contribution in [3.05, 3.63) is 24.1 Å². The maximum absolute atomic E-state index is 10.1. The lowest BCUT2D eigenvalue weighted by atomic mass is 10.3. The SMILES string of the molecule is CCc1nc2c(N=C=O)cccc2o1. The zero-order chi connectivity index (χ0) is 9.97. The van der Waals surface area contributed by atoms with E-state index < -0.39 is 0 Å². The summed E-state index contributed by atoms with van der Waals surface area (Å²) in [5, 5.41) is 0. The van der Waals surface area contributed by atoms with Crippen LogP contribution in [0.25, 0.3) is 11.1 Å². The lowest BCUT2D eigenvalue weighted by molar-refractivity contribution is 0.538. The molecular weight excluding hydrogens is 180 g/mol. The van der Waals surface area contributed by atoms with Crippen molar-refractivity contribution in [1.82, 2.24) is 4.98 Å². The number of carbonyl (C=O) groups excluding carboxylic acids is 1. The fourth-order valence-corrected chi connectivity index (χ4v) is 1.27. The number of nitrogens with zero attached hydrogens (tertiary/aromatic N) is 2. The van der Waals surface area contributed by atoms with Gasteiger partial charge < -0.3 is 4.42 Å². The van der Waals surface area contributed by atoms with Crippen molar-refractivity contribution in [2.45, 2.75) is 13.3 Å². The van der Waals surface area contributed by atoms with Crippen molar-refractivity contribution >= 4 is 22.9 Å². The number of hydrogen-bond donors (Lipinski definition) is 0. The number of aryl methyl sites for hydroxylation is 1. The minimum Gasteiger partial charge on any atom is -0.441 e. The summed E-state index contributed by atoms with van der Waals surface area (Å²) < 4.78 is 5.40. The lowest BCUT2D eigenvalue weighted by Gasteiger charge is -1.88. The van der Waals surface area contributed by atoms with E-state index in [4.69, 9.17) is 4.42 Å². The Balaban J connectivity index is 2.72. The summed E-state index contributed by atoms with van der Waals surface area (Å²) in [6, 6.07) is 5.27. The second-order valence-electron chi connectivity index (χ2n) is 2.79. The van der Waals surface area contributed by atoms with E-state index in [1.54, 1.807) is 18.2 Å². The molecule has 0 aliphatic rings. The summed E-state index contributed by atoms with van der Waals surface area (Å²) in [6.07, 6.45) is 2.22. The molecule has 0 aliphatic carbocycles. The van der Waals surface area contributed by atoms with Crippen LogP contribution in [0.1, 0.15) is 12.8 Å². The molecule has 1 heterocycles. The van der Waals surface area contributed by atoms with E-state index in [0.29, 0.717) is 22.7 Å². The van der Waals surface area contributed by atoms with Crippen molar-refractivity contribution in [3.8, 4) is 0 Å². The van der Waals surface area contributed by atoms with Crippen molar-refractivity contribution < 1.29 is 9.21 Å². The van der Waals surface area contributed by atoms with Crippen LogP contribution in [0.5, 0.6) is 0 Å². The maximum Gasteiger partial charge on any atom is 0.240 e. The molecule has 70 valence electrons. The molecule has 2 aromatic rings. The van der Waals surface area contributed by atoms with Gasteiger partial charge in [0, 0.05) is 6.42 Å². The Morgan fingerprint density at radius 3 is 3.14 bits per heavy atom. The van der Waals surface area contributed by atoms with Gasteiger partial charge in [-0.2, -0.15) is 4.99 Å². The highest BCUT2D eigenvalue weighted by Crippen LogP contribution is 2.25. The zero-order valence-electron chi connectivity index (χ0n) is 7.65. The first-order chi connectivity index (χ1) is 6.85. The average Bonchev–Trinajstić information content (AvgIpc) is 2.62. The molecule has 0 saturated carbocycles. The Morgan fingerprint density at radius 1 is 1.57 bits per heavy atom. The van der Waals surface area contributed by atoms with Gasteiger partial charge in [0.1, 0.15) is 11.2 Å². The van der Waals surface area contributed by atoms with E-state index in [9.17, 15) is 4.79 Å². The largest absolute Gasteiger partial charge is 0.441 e. The normalized spacial score (nSPS) is 10.1. The first kappa shape index (κ1) is 8.66. The summed E-state index contributed by atoms with van der Waals surface area (Å²) in [5.74, 6) is 0.647. The molecule has 1 aromatic heterocycles. The molecule has 0 amide bonds. The number of rotatable bonds is 2. The van der Waals surface area contributed by atoms with Crippen LogP contribution in [-0.4, -0.2) is 11.1 Å². The van der Waals surface area contributed by atoms with E-state index in [0.717, 1.165) is 6.42 Å². The molecule has 2 rings (SSSR count). The molecule has 0 fully saturated rings. The third-order valence-electron chi connectivity index (χ3n) is 1.91. The van der Waals surface area contributed by atoms with Gasteiger partial charge in [-0.25, -0.2) is 9.78 Å². The molecule has 4 heteroatoms. The molecule has 14 heavy (non-hydrogen) atoms. The predicted molar refractivity (Wildman–Crippen MR) is 51.2 cm³/mol. The van der Waals surface area contributed by atoms with Crippen LogP contribution in [0, 0.1) is 0 Å². The number of fused-ring (bicyclic) bond motifs is 1. The van der Waals surface area contributed by atoms with Crippen LogP contribution >= 0.6 is 0 Å². The Bertz CT molecular complexity index is 510. The number of benzene rings is 1. The first-order valence-corrected chi connectivity index (χ1v) is 4.31. The second-order valence-corrected chi connectivity index (χ2v) is 2.79. The number of aromatic nitrogens is 1. The third kappa shape index (κ3) is 1.32. The fraction of sp³-hybridized carbons (Fsp3) is 0.200. The van der Waals surface area contributed by atoms with Gasteiger partial charge in [-0.15, -0.1) is 0 Å². The molecular formula is C10H8N2O2. The molecule has 0 radical (unpaired) electrons. The van der Waals surface area contributed by atoms with E-state index in [1.807, 2.05) is 6.92 Å². The van der Waals surface area contributed by atoms with Gasteiger partial charge in [-0.05, 0) is 12.1 Å². The predicted octanol–water partition coefficient (Wildman–Crippen LogP) is 2.36. The van der Waals surface area contributed by atoms with E-state index >= 15 is 0 Å². The van der Waals surface area contributed by atoms with Gasteiger partial charge in [0.25, 0.3) is 0 Å². The van der Waals surface area contributed by atoms with Crippen LogP contribution in [-0.2, 0) is 11.2 Å². The van der Waals surface area contributed by atoms with Crippen LogP contribution in [0.2, 0.25) is 0 Å². The topological polar surface area (TPSA) is 55.5 Å². The Kier molecular flexibility index (Phi) is 2.13. The Labute approximate surface area is 80.3 Å². The van der Waals surface area contributed by atoms with Crippen LogP contribution in [0.3, 0.4) is 0 Å². The second kappa shape index (κ2) is 3.44. The molecule has 0 aliphatic heterocycles. The Hall–Kier alpha value is -1.93. The maximum atomic E-state index is 10.1. The standard InChI is InChI=1S/C10H8N2O2/c1-2-9-12-10-7(11-6-13)4-3-5-8(10)14-9/h3-5H,2H2,1H3. The quantitative estimate of drug-likeness (QED) is 0.537. The Morgan fingerprint density at radius 2 is 2.43 bits per heavy atom. The smallest absolute Gasteiger partial charge is 0.240 e. The highest BCUT2D eigenvalue weighted by molar-refractivity contribution is 5.85. The average molecular weight is 188 g/mol. The summed E-state index contributed by atoms with van der Waals surface area (Å²) in [7, 11) is 0. The molecule has 4 nitrogen and oxygen atoms in total. The summed E-state index contributed by atoms with van der Waals surface area (Å²) >= 11 is 0. The molecule has 0 bridgehead atoms. The first-order valence-electron chi connectivity index (χ1n) is 4.31.